The molecule has 3 aliphatic rings. The molecule has 0 saturated heterocycles. The standard InChI is InChI=1S/C35H36ClF8N9O3/c1-31(2,3)16-34(32(4)8-7-18(12-24(32)37)20-13-47-51(14-20)28(40)41)27(54)52(29(45)49-34)23(15-56-30(55)50-33(9-10-33)35(42,43)44)19-5-6-21(36)22(11-19)53-26(25(38)39)46-17-48-53/h5-7,11-14,17,23,25,28H,8-10,15-16H2,1-4H3,(H2,45,49)(H,50,55)/t23-,32?,34+/m1/s1. The van der Waals surface area contributed by atoms with E-state index in [1.165, 1.54) is 25.1 Å². The molecule has 1 aromatic carbocycles. The van der Waals surface area contributed by atoms with Gasteiger partial charge in [0.1, 0.15) is 24.3 Å². The Bertz CT molecular complexity index is 2120. The molecule has 302 valence electrons. The van der Waals surface area contributed by atoms with Gasteiger partial charge in [-0.05, 0) is 60.4 Å². The first kappa shape index (κ1) is 40.6. The van der Waals surface area contributed by atoms with Gasteiger partial charge in [-0.15, -0.1) is 0 Å². The van der Waals surface area contributed by atoms with Crippen LogP contribution in [0.2, 0.25) is 5.02 Å². The van der Waals surface area contributed by atoms with Crippen LogP contribution in [-0.4, -0.2) is 71.3 Å². The first-order chi connectivity index (χ1) is 26.0. The molecule has 12 nitrogen and oxygen atoms in total. The molecule has 2 aromatic heterocycles. The van der Waals surface area contributed by atoms with Crippen LogP contribution in [0.15, 0.2) is 59.9 Å². The van der Waals surface area contributed by atoms with Gasteiger partial charge in [-0.3, -0.25) is 9.69 Å². The highest BCUT2D eigenvalue weighted by Crippen LogP contribution is 2.56. The van der Waals surface area contributed by atoms with E-state index in [0.717, 1.165) is 34.4 Å². The van der Waals surface area contributed by atoms with Crippen LogP contribution in [0.25, 0.3) is 11.3 Å². The van der Waals surface area contributed by atoms with E-state index < -0.39 is 83.3 Å². The average Bonchev–Trinajstić information content (AvgIpc) is 3.40. The maximum atomic E-state index is 16.7. The van der Waals surface area contributed by atoms with Gasteiger partial charge in [0.25, 0.3) is 12.3 Å². The summed E-state index contributed by atoms with van der Waals surface area (Å²) >= 11 is 6.40. The summed E-state index contributed by atoms with van der Waals surface area (Å²) in [5, 5.41) is 9.18. The summed E-state index contributed by atoms with van der Waals surface area (Å²) in [6.07, 6.45) is -4.76. The Hall–Kier alpha value is -5.01. The highest BCUT2D eigenvalue weighted by Gasteiger charge is 2.65. The molecule has 6 rings (SSSR count). The van der Waals surface area contributed by atoms with Crippen LogP contribution in [0, 0.1) is 10.8 Å². The Morgan fingerprint density at radius 1 is 1.12 bits per heavy atom. The maximum absolute atomic E-state index is 16.7. The molecule has 3 atom stereocenters. The molecule has 0 radical (unpaired) electrons. The van der Waals surface area contributed by atoms with Crippen molar-refractivity contribution in [1.82, 2.24) is 34.8 Å². The molecule has 1 aliphatic heterocycles. The third-order valence-electron chi connectivity index (χ3n) is 10.2. The Morgan fingerprint density at radius 3 is 2.39 bits per heavy atom. The number of carbonyl (C=O) groups excluding carboxylic acids is 2. The second-order valence-electron chi connectivity index (χ2n) is 15.3. The number of carbonyl (C=O) groups is 2. The molecule has 56 heavy (non-hydrogen) atoms. The second kappa shape index (κ2) is 14.2. The molecule has 21 heteroatoms. The molecule has 3 heterocycles. The Morgan fingerprint density at radius 2 is 1.82 bits per heavy atom. The van der Waals surface area contributed by atoms with Crippen LogP contribution >= 0.6 is 11.6 Å². The smallest absolute Gasteiger partial charge is 0.411 e. The molecule has 1 unspecified atom stereocenters. The fraction of sp³-hybridized carbons (Fsp3) is 0.486. The van der Waals surface area contributed by atoms with Gasteiger partial charge in [-0.25, -0.2) is 37.3 Å². The fourth-order valence-corrected chi connectivity index (χ4v) is 7.26. The number of guanidine groups is 1. The van der Waals surface area contributed by atoms with E-state index in [0.29, 0.717) is 4.68 Å². The number of amides is 2. The lowest BCUT2D eigenvalue weighted by atomic mass is 9.60. The van der Waals surface area contributed by atoms with E-state index >= 15 is 9.18 Å². The molecule has 0 bridgehead atoms. The zero-order valence-corrected chi connectivity index (χ0v) is 31.0. The molecule has 3 N–H and O–H groups in total. The van der Waals surface area contributed by atoms with Crippen molar-refractivity contribution in [2.75, 3.05) is 6.61 Å². The first-order valence-electron chi connectivity index (χ1n) is 17.1. The van der Waals surface area contributed by atoms with Gasteiger partial charge < -0.3 is 15.8 Å². The van der Waals surface area contributed by atoms with Crippen molar-refractivity contribution in [2.45, 2.75) is 89.6 Å². The number of nitrogens with two attached hydrogens (primary N) is 1. The van der Waals surface area contributed by atoms with Crippen molar-refractivity contribution >= 4 is 35.1 Å². The van der Waals surface area contributed by atoms with Crippen LogP contribution in [0.3, 0.4) is 0 Å². The molecule has 1 saturated carbocycles. The lowest BCUT2D eigenvalue weighted by molar-refractivity contribution is -0.164. The Labute approximate surface area is 319 Å². The Kier molecular flexibility index (Phi) is 10.3. The molecule has 2 aliphatic carbocycles. The van der Waals surface area contributed by atoms with Gasteiger partial charge in [0.2, 0.25) is 0 Å². The van der Waals surface area contributed by atoms with Gasteiger partial charge in [0, 0.05) is 11.8 Å². The lowest BCUT2D eigenvalue weighted by Crippen LogP contribution is -2.56. The van der Waals surface area contributed by atoms with Crippen molar-refractivity contribution in [3.63, 3.8) is 0 Å². The third-order valence-corrected chi connectivity index (χ3v) is 10.5. The second-order valence-corrected chi connectivity index (χ2v) is 15.7. The van der Waals surface area contributed by atoms with Gasteiger partial charge in [-0.1, -0.05) is 51.4 Å². The molecule has 1 fully saturated rings. The molecule has 0 spiro atoms. The van der Waals surface area contributed by atoms with Crippen molar-refractivity contribution in [1.29, 1.82) is 0 Å². The Balaban J connectivity index is 1.42. The van der Waals surface area contributed by atoms with Crippen molar-refractivity contribution in [2.24, 2.45) is 21.6 Å². The van der Waals surface area contributed by atoms with E-state index in [2.05, 4.69) is 20.2 Å². The number of aliphatic imine (C=N–C) groups is 1. The van der Waals surface area contributed by atoms with Gasteiger partial charge in [0.05, 0.1) is 28.4 Å². The number of allylic oxidation sites excluding steroid dienone is 3. The average molecular weight is 818 g/mol. The fourth-order valence-electron chi connectivity index (χ4n) is 7.06. The zero-order chi connectivity index (χ0) is 41.2. The molecule has 3 aromatic rings. The lowest BCUT2D eigenvalue weighted by Gasteiger charge is -2.46. The number of alkyl carbamates (subject to hydrolysis) is 1. The summed E-state index contributed by atoms with van der Waals surface area (Å²) in [6.45, 7) is 2.97. The van der Waals surface area contributed by atoms with Crippen LogP contribution in [0.1, 0.15) is 89.3 Å². The summed E-state index contributed by atoms with van der Waals surface area (Å²) in [4.78, 5) is 37.1. The third kappa shape index (κ3) is 7.22. The highest BCUT2D eigenvalue weighted by molar-refractivity contribution is 6.32. The highest BCUT2D eigenvalue weighted by atomic mass is 35.5. The van der Waals surface area contributed by atoms with Crippen LogP contribution in [0.5, 0.6) is 0 Å². The van der Waals surface area contributed by atoms with E-state index in [4.69, 9.17) is 22.1 Å². The maximum Gasteiger partial charge on any atom is 0.411 e. The number of nitrogens with one attached hydrogen (secondary N) is 1. The number of hydrogen-bond donors (Lipinski definition) is 2. The number of nitrogens with zero attached hydrogens (tertiary/aromatic N) is 7. The summed E-state index contributed by atoms with van der Waals surface area (Å²) in [5.74, 6) is -2.99. The predicted octanol–water partition coefficient (Wildman–Crippen LogP) is 7.99. The van der Waals surface area contributed by atoms with Gasteiger partial charge in [0.15, 0.2) is 17.3 Å². The minimum atomic E-state index is -4.78. The van der Waals surface area contributed by atoms with E-state index in [-0.39, 0.29) is 53.1 Å². The summed E-state index contributed by atoms with van der Waals surface area (Å²) in [5.41, 5.74) is -0.202. The van der Waals surface area contributed by atoms with Crippen LogP contribution in [0.4, 0.5) is 39.9 Å². The monoisotopic (exact) mass is 817 g/mol. The molecular weight excluding hydrogens is 782 g/mol. The number of rotatable bonds is 11. The van der Waals surface area contributed by atoms with Crippen molar-refractivity contribution < 1.29 is 49.4 Å². The van der Waals surface area contributed by atoms with E-state index in [1.807, 2.05) is 5.32 Å². The van der Waals surface area contributed by atoms with E-state index in [1.54, 1.807) is 26.8 Å². The summed E-state index contributed by atoms with van der Waals surface area (Å²) in [6, 6.07) is 2.34. The number of alkyl halides is 7. The summed E-state index contributed by atoms with van der Waals surface area (Å²) in [7, 11) is 0. The quantitative estimate of drug-likeness (QED) is 0.187. The normalized spacial score (nSPS) is 22.9. The molecular formula is C35H36ClF8N9O3. The minimum absolute atomic E-state index is 0.0333. The number of aromatic nitrogens is 5. The largest absolute Gasteiger partial charge is 0.447 e. The van der Waals surface area contributed by atoms with E-state index in [9.17, 15) is 35.5 Å². The number of halogens is 9. The zero-order valence-electron chi connectivity index (χ0n) is 30.2. The van der Waals surface area contributed by atoms with Crippen LogP contribution in [-0.2, 0) is 9.53 Å². The molecule has 2 amide bonds. The number of ether oxygens (including phenoxy) is 1. The SMILES string of the molecule is CC(C)(C)C[C@]1(C2(C)CC=C(c3cnn(C(F)F)c3)C=C2F)N=C(N)N([C@H](COC(=O)NC2(C(F)(F)F)CC2)c2ccc(Cl)c(-n3ncnc3C(F)F)c2)C1=O. The number of hydrogen-bond acceptors (Lipinski definition) is 8. The minimum Gasteiger partial charge on any atom is -0.447 e. The van der Waals surface area contributed by atoms with Crippen molar-refractivity contribution in [3.05, 3.63) is 76.9 Å². The van der Waals surface area contributed by atoms with Gasteiger partial charge in [-0.2, -0.15) is 32.1 Å². The van der Waals surface area contributed by atoms with Crippen molar-refractivity contribution in [3.8, 4) is 5.69 Å². The predicted molar refractivity (Wildman–Crippen MR) is 185 cm³/mol. The topological polar surface area (TPSA) is 146 Å². The van der Waals surface area contributed by atoms with Gasteiger partial charge >= 0.3 is 18.8 Å². The first-order valence-corrected chi connectivity index (χ1v) is 17.5. The van der Waals surface area contributed by atoms with Crippen LogP contribution < -0.4 is 11.1 Å². The number of benzene rings is 1. The summed E-state index contributed by atoms with van der Waals surface area (Å²) < 4.78 is 118.